The molecule has 2 atom stereocenters. The molecule has 3 heteroatoms. The fourth-order valence-electron chi connectivity index (χ4n) is 4.81. The summed E-state index contributed by atoms with van der Waals surface area (Å²) in [5, 5.41) is 9.57. The van der Waals surface area contributed by atoms with Crippen molar-refractivity contribution in [3.63, 3.8) is 0 Å². The Kier molecular flexibility index (Phi) is 1.87. The van der Waals surface area contributed by atoms with Crippen molar-refractivity contribution in [2.24, 2.45) is 22.2 Å². The average molecular weight is 207 g/mol. The lowest BCUT2D eigenvalue weighted by atomic mass is 9.47. The SMILES string of the molecule is O=C=NC12CC3CC(CC(CO)(C3)C1)C2. The van der Waals surface area contributed by atoms with Crippen LogP contribution in [0.15, 0.2) is 4.99 Å². The van der Waals surface area contributed by atoms with E-state index in [1.54, 1.807) is 6.08 Å². The molecule has 0 aromatic carbocycles. The molecule has 15 heavy (non-hydrogen) atoms. The van der Waals surface area contributed by atoms with Gasteiger partial charge in [0.1, 0.15) is 0 Å². The van der Waals surface area contributed by atoms with E-state index in [1.165, 1.54) is 6.42 Å². The molecule has 1 N–H and O–H groups in total. The fraction of sp³-hybridized carbons (Fsp3) is 0.917. The Hall–Kier alpha value is -0.660. The molecule has 4 bridgehead atoms. The van der Waals surface area contributed by atoms with Gasteiger partial charge in [-0.15, -0.1) is 0 Å². The standard InChI is InChI=1S/C12H17NO2/c14-7-11-2-9-1-10(3-11)5-12(4-9,6-11)13-8-15/h9-10,14H,1-7H2. The minimum atomic E-state index is -0.144. The molecule has 0 aromatic heterocycles. The summed E-state index contributed by atoms with van der Waals surface area (Å²) >= 11 is 0. The van der Waals surface area contributed by atoms with Gasteiger partial charge in [-0.2, -0.15) is 4.99 Å². The molecule has 0 radical (unpaired) electrons. The predicted octanol–water partition coefficient (Wildman–Crippen LogP) is 1.65. The number of aliphatic hydroxyl groups is 1. The molecule has 0 heterocycles. The molecule has 0 spiro atoms. The van der Waals surface area contributed by atoms with E-state index in [9.17, 15) is 9.90 Å². The summed E-state index contributed by atoms with van der Waals surface area (Å²) in [7, 11) is 0. The van der Waals surface area contributed by atoms with Crippen LogP contribution in [0.2, 0.25) is 0 Å². The van der Waals surface area contributed by atoms with Crippen molar-refractivity contribution in [1.82, 2.24) is 0 Å². The van der Waals surface area contributed by atoms with Gasteiger partial charge in [-0.05, 0) is 55.8 Å². The molecule has 4 aliphatic carbocycles. The summed E-state index contributed by atoms with van der Waals surface area (Å²) in [6.45, 7) is 0.274. The number of hydrogen-bond donors (Lipinski definition) is 1. The van der Waals surface area contributed by atoms with E-state index >= 15 is 0 Å². The second kappa shape index (κ2) is 2.93. The zero-order chi connectivity index (χ0) is 10.5. The third-order valence-corrected chi connectivity index (χ3v) is 4.77. The number of aliphatic imine (C=N–C) groups is 1. The number of hydrogen-bond acceptors (Lipinski definition) is 3. The van der Waals surface area contributed by atoms with Gasteiger partial charge in [-0.1, -0.05) is 0 Å². The highest BCUT2D eigenvalue weighted by atomic mass is 16.3. The summed E-state index contributed by atoms with van der Waals surface area (Å²) < 4.78 is 0. The van der Waals surface area contributed by atoms with E-state index < -0.39 is 0 Å². The summed E-state index contributed by atoms with van der Waals surface area (Å²) in [5.74, 6) is 1.38. The van der Waals surface area contributed by atoms with Crippen molar-refractivity contribution in [3.05, 3.63) is 0 Å². The van der Waals surface area contributed by atoms with E-state index in [0.29, 0.717) is 11.8 Å². The van der Waals surface area contributed by atoms with Crippen molar-refractivity contribution in [3.8, 4) is 0 Å². The Morgan fingerprint density at radius 3 is 2.47 bits per heavy atom. The highest BCUT2D eigenvalue weighted by molar-refractivity contribution is 5.36. The molecular formula is C12H17NO2. The van der Waals surface area contributed by atoms with E-state index in [1.807, 2.05) is 0 Å². The quantitative estimate of drug-likeness (QED) is 0.553. The first-order valence-electron chi connectivity index (χ1n) is 5.89. The fourth-order valence-corrected chi connectivity index (χ4v) is 4.81. The van der Waals surface area contributed by atoms with Gasteiger partial charge in [0.2, 0.25) is 6.08 Å². The average Bonchev–Trinajstić information content (AvgIpc) is 2.15. The van der Waals surface area contributed by atoms with Crippen LogP contribution in [0, 0.1) is 17.3 Å². The Bertz CT molecular complexity index is 319. The Balaban J connectivity index is 1.98. The number of carbonyl (C=O) groups excluding carboxylic acids is 1. The highest BCUT2D eigenvalue weighted by Gasteiger charge is 2.57. The van der Waals surface area contributed by atoms with Crippen molar-refractivity contribution in [1.29, 1.82) is 0 Å². The van der Waals surface area contributed by atoms with Crippen molar-refractivity contribution in [2.45, 2.75) is 44.1 Å². The Morgan fingerprint density at radius 1 is 1.27 bits per heavy atom. The Labute approximate surface area is 89.6 Å². The molecule has 4 fully saturated rings. The lowest BCUT2D eigenvalue weighted by Crippen LogP contribution is -2.55. The van der Waals surface area contributed by atoms with Crippen LogP contribution >= 0.6 is 0 Å². The van der Waals surface area contributed by atoms with E-state index in [2.05, 4.69) is 4.99 Å². The third-order valence-electron chi connectivity index (χ3n) is 4.77. The monoisotopic (exact) mass is 207 g/mol. The molecule has 4 aliphatic rings. The van der Waals surface area contributed by atoms with Crippen LogP contribution in [-0.4, -0.2) is 23.3 Å². The van der Waals surface area contributed by atoms with Crippen LogP contribution in [0.5, 0.6) is 0 Å². The van der Waals surface area contributed by atoms with Crippen LogP contribution in [0.25, 0.3) is 0 Å². The van der Waals surface area contributed by atoms with Gasteiger partial charge in [0.05, 0.1) is 5.54 Å². The number of nitrogens with zero attached hydrogens (tertiary/aromatic N) is 1. The third kappa shape index (κ3) is 1.30. The Morgan fingerprint density at radius 2 is 1.93 bits per heavy atom. The van der Waals surface area contributed by atoms with Gasteiger partial charge in [-0.25, -0.2) is 4.79 Å². The molecule has 82 valence electrons. The van der Waals surface area contributed by atoms with Crippen LogP contribution in [-0.2, 0) is 4.79 Å². The normalized spacial score (nSPS) is 51.5. The van der Waals surface area contributed by atoms with Gasteiger partial charge < -0.3 is 5.11 Å². The molecule has 2 unspecified atom stereocenters. The lowest BCUT2D eigenvalue weighted by molar-refractivity contribution is -0.0906. The molecule has 0 amide bonds. The minimum Gasteiger partial charge on any atom is -0.396 e. The minimum absolute atomic E-state index is 0.0877. The molecule has 4 saturated carbocycles. The molecular weight excluding hydrogens is 190 g/mol. The molecule has 3 nitrogen and oxygen atoms in total. The maximum Gasteiger partial charge on any atom is 0.235 e. The van der Waals surface area contributed by atoms with Gasteiger partial charge in [0, 0.05) is 6.61 Å². The first-order valence-corrected chi connectivity index (χ1v) is 5.89. The van der Waals surface area contributed by atoms with Gasteiger partial charge in [0.25, 0.3) is 0 Å². The molecule has 0 saturated heterocycles. The largest absolute Gasteiger partial charge is 0.396 e. The van der Waals surface area contributed by atoms with Gasteiger partial charge in [-0.3, -0.25) is 0 Å². The van der Waals surface area contributed by atoms with E-state index in [4.69, 9.17) is 0 Å². The highest BCUT2D eigenvalue weighted by Crippen LogP contribution is 2.62. The lowest BCUT2D eigenvalue weighted by Gasteiger charge is -2.59. The summed E-state index contributed by atoms with van der Waals surface area (Å²) in [4.78, 5) is 14.6. The van der Waals surface area contributed by atoms with Crippen molar-refractivity contribution < 1.29 is 9.90 Å². The van der Waals surface area contributed by atoms with Crippen molar-refractivity contribution >= 4 is 6.08 Å². The summed E-state index contributed by atoms with van der Waals surface area (Å²) in [5.41, 5.74) is -0.0566. The number of rotatable bonds is 2. The topological polar surface area (TPSA) is 49.7 Å². The summed E-state index contributed by atoms with van der Waals surface area (Å²) in [6, 6.07) is 0. The molecule has 0 aromatic rings. The first-order chi connectivity index (χ1) is 7.19. The maximum absolute atomic E-state index is 10.5. The smallest absolute Gasteiger partial charge is 0.235 e. The van der Waals surface area contributed by atoms with Crippen LogP contribution in [0.4, 0.5) is 0 Å². The second-order valence-electron chi connectivity index (χ2n) is 6.05. The predicted molar refractivity (Wildman–Crippen MR) is 55.1 cm³/mol. The molecule has 4 rings (SSSR count). The maximum atomic E-state index is 10.5. The van der Waals surface area contributed by atoms with Crippen LogP contribution in [0.3, 0.4) is 0 Å². The van der Waals surface area contributed by atoms with E-state index in [-0.39, 0.29) is 17.6 Å². The van der Waals surface area contributed by atoms with E-state index in [0.717, 1.165) is 32.1 Å². The second-order valence-corrected chi connectivity index (χ2v) is 6.05. The van der Waals surface area contributed by atoms with Gasteiger partial charge in [0.15, 0.2) is 0 Å². The zero-order valence-corrected chi connectivity index (χ0v) is 8.91. The van der Waals surface area contributed by atoms with Crippen LogP contribution < -0.4 is 0 Å². The van der Waals surface area contributed by atoms with Crippen LogP contribution in [0.1, 0.15) is 38.5 Å². The zero-order valence-electron chi connectivity index (χ0n) is 8.91. The number of isocyanates is 1. The molecule has 0 aliphatic heterocycles. The van der Waals surface area contributed by atoms with Crippen molar-refractivity contribution in [2.75, 3.05) is 6.61 Å². The summed E-state index contributed by atoms with van der Waals surface area (Å²) in [6.07, 6.45) is 8.37. The van der Waals surface area contributed by atoms with Gasteiger partial charge >= 0.3 is 0 Å². The first kappa shape index (κ1) is 9.56. The number of aliphatic hydroxyl groups excluding tert-OH is 1.